The molecule has 0 bridgehead atoms. The predicted molar refractivity (Wildman–Crippen MR) is 231 cm³/mol. The van der Waals surface area contributed by atoms with Crippen molar-refractivity contribution in [2.24, 2.45) is 0 Å². The topological polar surface area (TPSA) is 43.9 Å². The highest BCUT2D eigenvalue weighted by Crippen LogP contribution is 2.43. The van der Waals surface area contributed by atoms with Gasteiger partial charge in [0.1, 0.15) is 5.58 Å². The Morgan fingerprint density at radius 1 is 0.357 bits per heavy atom. The largest absolute Gasteiger partial charge is 0.453 e. The smallest absolute Gasteiger partial charge is 0.161 e. The number of furan rings is 1. The van der Waals surface area contributed by atoms with E-state index in [1.807, 2.05) is 18.2 Å². The Kier molecular flexibility index (Phi) is 7.46. The zero-order valence-corrected chi connectivity index (χ0v) is 30.3. The first-order valence-electron chi connectivity index (χ1n) is 18.9. The molecule has 4 nitrogen and oxygen atoms in total. The number of fused-ring (bicyclic) bond motifs is 6. The molecule has 0 N–H and O–H groups in total. The summed E-state index contributed by atoms with van der Waals surface area (Å²) in [6.07, 6.45) is 0. The van der Waals surface area contributed by atoms with E-state index >= 15 is 0 Å². The van der Waals surface area contributed by atoms with Gasteiger partial charge in [-0.25, -0.2) is 9.97 Å². The minimum absolute atomic E-state index is 0.684. The third kappa shape index (κ3) is 5.23. The van der Waals surface area contributed by atoms with Crippen molar-refractivity contribution in [2.45, 2.75) is 0 Å². The molecular formula is C52H33N3O. The lowest BCUT2D eigenvalue weighted by atomic mass is 9.99. The third-order valence-corrected chi connectivity index (χ3v) is 10.9. The average molecular weight is 716 g/mol. The quantitative estimate of drug-likeness (QED) is 0.172. The lowest BCUT2D eigenvalue weighted by Gasteiger charge is -2.11. The molecule has 0 fully saturated rings. The standard InChI is InChI=1S/C52H33N3O/c1-4-15-34(16-5-1)35-29-31-36(32-30-35)39-22-12-23-40-41-24-13-28-48(51(41)56-50(39)40)55-46-26-11-10-21-42(46)49-43(25-14-27-47(49)55)52-53-44(37-17-6-2-7-18-37)33-45(54-52)38-19-8-3-9-20-38/h1-33H. The maximum atomic E-state index is 7.00. The maximum Gasteiger partial charge on any atom is 0.161 e. The van der Waals surface area contributed by atoms with Gasteiger partial charge in [-0.3, -0.25) is 0 Å². The Morgan fingerprint density at radius 2 is 0.857 bits per heavy atom. The van der Waals surface area contributed by atoms with E-state index in [1.165, 1.54) is 11.1 Å². The van der Waals surface area contributed by atoms with Gasteiger partial charge in [-0.15, -0.1) is 0 Å². The second kappa shape index (κ2) is 13.1. The van der Waals surface area contributed by atoms with Crippen LogP contribution in [0.15, 0.2) is 205 Å². The summed E-state index contributed by atoms with van der Waals surface area (Å²) in [5, 5.41) is 4.39. The van der Waals surface area contributed by atoms with Crippen molar-refractivity contribution in [1.29, 1.82) is 0 Å². The van der Waals surface area contributed by atoms with E-state index in [9.17, 15) is 0 Å². The predicted octanol–water partition coefficient (Wildman–Crippen LogP) is 13.8. The van der Waals surface area contributed by atoms with Crippen LogP contribution in [0.2, 0.25) is 0 Å². The monoisotopic (exact) mass is 715 g/mol. The second-order valence-corrected chi connectivity index (χ2v) is 14.1. The Bertz CT molecular complexity index is 3160. The van der Waals surface area contributed by atoms with Crippen LogP contribution >= 0.6 is 0 Å². The van der Waals surface area contributed by atoms with E-state index in [0.717, 1.165) is 88.6 Å². The Hall–Kier alpha value is -7.56. The maximum absolute atomic E-state index is 7.00. The van der Waals surface area contributed by atoms with Crippen LogP contribution in [0.4, 0.5) is 0 Å². The summed E-state index contributed by atoms with van der Waals surface area (Å²) in [6, 6.07) is 70.0. The number of hydrogen-bond acceptors (Lipinski definition) is 3. The molecule has 0 unspecified atom stereocenters. The van der Waals surface area contributed by atoms with Crippen molar-refractivity contribution >= 4 is 43.7 Å². The highest BCUT2D eigenvalue weighted by molar-refractivity contribution is 6.17. The number of benzene rings is 8. The summed E-state index contributed by atoms with van der Waals surface area (Å²) >= 11 is 0. The Labute approximate surface area is 323 Å². The number of rotatable bonds is 6. The molecule has 3 aromatic heterocycles. The molecule has 0 amide bonds. The fraction of sp³-hybridized carbons (Fsp3) is 0. The summed E-state index contributed by atoms with van der Waals surface area (Å²) in [4.78, 5) is 10.5. The third-order valence-electron chi connectivity index (χ3n) is 10.9. The SMILES string of the molecule is c1ccc(-c2ccc(-c3cccc4c3oc3c(-n5c6ccccc6c6c(-c7nc(-c8ccccc8)cc(-c8ccccc8)n7)cccc65)cccc34)cc2)cc1. The molecule has 0 saturated heterocycles. The van der Waals surface area contributed by atoms with Crippen LogP contribution in [0.5, 0.6) is 0 Å². The van der Waals surface area contributed by atoms with Gasteiger partial charge in [0.25, 0.3) is 0 Å². The molecule has 0 atom stereocenters. The molecule has 0 aliphatic rings. The van der Waals surface area contributed by atoms with Crippen LogP contribution in [-0.2, 0) is 0 Å². The lowest BCUT2D eigenvalue weighted by Crippen LogP contribution is -1.97. The van der Waals surface area contributed by atoms with E-state index in [0.29, 0.717) is 5.82 Å². The average Bonchev–Trinajstić information content (AvgIpc) is 3.84. The molecule has 11 rings (SSSR count). The molecule has 0 aliphatic heterocycles. The zero-order valence-electron chi connectivity index (χ0n) is 30.3. The van der Waals surface area contributed by atoms with Gasteiger partial charge in [0.2, 0.25) is 0 Å². The molecule has 0 spiro atoms. The van der Waals surface area contributed by atoms with Crippen molar-refractivity contribution in [3.05, 3.63) is 200 Å². The van der Waals surface area contributed by atoms with E-state index in [4.69, 9.17) is 14.4 Å². The molecule has 8 aromatic carbocycles. The second-order valence-electron chi connectivity index (χ2n) is 14.1. The number of nitrogens with zero attached hydrogens (tertiary/aromatic N) is 3. The first-order valence-corrected chi connectivity index (χ1v) is 18.9. The van der Waals surface area contributed by atoms with Crippen molar-refractivity contribution in [3.8, 4) is 61.8 Å². The lowest BCUT2D eigenvalue weighted by molar-refractivity contribution is 0.667. The van der Waals surface area contributed by atoms with E-state index < -0.39 is 0 Å². The first-order chi connectivity index (χ1) is 27.8. The molecule has 3 heterocycles. The van der Waals surface area contributed by atoms with Crippen molar-refractivity contribution in [1.82, 2.24) is 14.5 Å². The van der Waals surface area contributed by atoms with Crippen molar-refractivity contribution < 1.29 is 4.42 Å². The Morgan fingerprint density at radius 3 is 1.55 bits per heavy atom. The summed E-state index contributed by atoms with van der Waals surface area (Å²) in [5.41, 5.74) is 14.3. The number of aromatic nitrogens is 3. The van der Waals surface area contributed by atoms with Crippen LogP contribution in [0.3, 0.4) is 0 Å². The summed E-state index contributed by atoms with van der Waals surface area (Å²) < 4.78 is 9.34. The molecule has 262 valence electrons. The minimum Gasteiger partial charge on any atom is -0.453 e. The summed E-state index contributed by atoms with van der Waals surface area (Å²) in [7, 11) is 0. The van der Waals surface area contributed by atoms with Crippen LogP contribution in [0.25, 0.3) is 106 Å². The van der Waals surface area contributed by atoms with Gasteiger partial charge in [0, 0.05) is 43.8 Å². The normalized spacial score (nSPS) is 11.6. The van der Waals surface area contributed by atoms with Gasteiger partial charge in [-0.2, -0.15) is 0 Å². The van der Waals surface area contributed by atoms with Crippen LogP contribution in [-0.4, -0.2) is 14.5 Å². The minimum atomic E-state index is 0.684. The van der Waals surface area contributed by atoms with Gasteiger partial charge < -0.3 is 8.98 Å². The van der Waals surface area contributed by atoms with Gasteiger partial charge in [0.05, 0.1) is 28.1 Å². The number of para-hydroxylation sites is 3. The molecular weight excluding hydrogens is 683 g/mol. The van der Waals surface area contributed by atoms with Crippen LogP contribution < -0.4 is 0 Å². The summed E-state index contributed by atoms with van der Waals surface area (Å²) in [5.74, 6) is 0.684. The van der Waals surface area contributed by atoms with E-state index in [-0.39, 0.29) is 0 Å². The molecule has 11 aromatic rings. The Balaban J connectivity index is 1.12. The van der Waals surface area contributed by atoms with Gasteiger partial charge >= 0.3 is 0 Å². The molecule has 4 heteroatoms. The molecule has 0 saturated carbocycles. The highest BCUT2D eigenvalue weighted by atomic mass is 16.3. The highest BCUT2D eigenvalue weighted by Gasteiger charge is 2.22. The first kappa shape index (κ1) is 31.9. The number of hydrogen-bond donors (Lipinski definition) is 0. The molecule has 56 heavy (non-hydrogen) atoms. The molecule has 0 aliphatic carbocycles. The van der Waals surface area contributed by atoms with Crippen LogP contribution in [0.1, 0.15) is 0 Å². The van der Waals surface area contributed by atoms with Gasteiger partial charge in [-0.1, -0.05) is 176 Å². The molecule has 0 radical (unpaired) electrons. The van der Waals surface area contributed by atoms with Gasteiger partial charge in [-0.05, 0) is 41.0 Å². The van der Waals surface area contributed by atoms with E-state index in [2.05, 4.69) is 187 Å². The van der Waals surface area contributed by atoms with Crippen molar-refractivity contribution in [2.75, 3.05) is 0 Å². The zero-order chi connectivity index (χ0) is 37.0. The fourth-order valence-electron chi connectivity index (χ4n) is 8.23. The van der Waals surface area contributed by atoms with Crippen LogP contribution in [0, 0.1) is 0 Å². The van der Waals surface area contributed by atoms with Crippen molar-refractivity contribution in [3.63, 3.8) is 0 Å². The van der Waals surface area contributed by atoms with E-state index in [1.54, 1.807) is 0 Å². The fourth-order valence-corrected chi connectivity index (χ4v) is 8.23. The van der Waals surface area contributed by atoms with Gasteiger partial charge in [0.15, 0.2) is 11.4 Å². The summed E-state index contributed by atoms with van der Waals surface area (Å²) in [6.45, 7) is 0.